The minimum absolute atomic E-state index is 0.110. The molecule has 1 aromatic heterocycles. The molecule has 0 bridgehead atoms. The van der Waals surface area contributed by atoms with Crippen LogP contribution >= 0.6 is 23.2 Å². The van der Waals surface area contributed by atoms with E-state index >= 15 is 0 Å². The molecule has 2 aromatic carbocycles. The van der Waals surface area contributed by atoms with Crippen LogP contribution in [-0.4, -0.2) is 40.7 Å². The molecule has 6 nitrogen and oxygen atoms in total. The fourth-order valence-corrected chi connectivity index (χ4v) is 4.71. The molecule has 10 heteroatoms. The molecule has 0 aliphatic carbocycles. The van der Waals surface area contributed by atoms with E-state index in [0.29, 0.717) is 16.4 Å². The Kier molecular flexibility index (Phi) is 6.84. The summed E-state index contributed by atoms with van der Waals surface area (Å²) >= 11 is 12.1. The topological polar surface area (TPSA) is 58.4 Å². The van der Waals surface area contributed by atoms with Crippen LogP contribution in [-0.2, 0) is 23.8 Å². The van der Waals surface area contributed by atoms with Crippen molar-refractivity contribution in [2.24, 2.45) is 7.05 Å². The molecule has 0 N–H and O–H groups in total. The molecule has 0 spiro atoms. The van der Waals surface area contributed by atoms with Gasteiger partial charge in [-0.25, -0.2) is 9.37 Å². The lowest BCUT2D eigenvalue weighted by Crippen LogP contribution is -2.42. The predicted octanol–water partition coefficient (Wildman–Crippen LogP) is 4.26. The van der Waals surface area contributed by atoms with Crippen LogP contribution in [0.2, 0.25) is 10.0 Å². The summed E-state index contributed by atoms with van der Waals surface area (Å²) in [5, 5.41) is 0.701. The van der Waals surface area contributed by atoms with E-state index in [1.165, 1.54) is 36.6 Å². The van der Waals surface area contributed by atoms with Crippen molar-refractivity contribution in [2.75, 3.05) is 14.1 Å². The SMILES string of the molecule is CN(Cc1c(F)cccc1Cl)S(=O)(=O)N(C)C(c1ccc(Cl)cc1)c1nccn1C. The second-order valence-electron chi connectivity index (χ2n) is 6.83. The summed E-state index contributed by atoms with van der Waals surface area (Å²) < 4.78 is 44.9. The first-order chi connectivity index (χ1) is 14.1. The number of imidazole rings is 1. The molecule has 3 rings (SSSR count). The van der Waals surface area contributed by atoms with E-state index in [4.69, 9.17) is 23.2 Å². The Morgan fingerprint density at radius 3 is 2.37 bits per heavy atom. The van der Waals surface area contributed by atoms with Crippen LogP contribution < -0.4 is 0 Å². The van der Waals surface area contributed by atoms with Crippen molar-refractivity contribution in [1.29, 1.82) is 0 Å². The Hall–Kier alpha value is -1.97. The van der Waals surface area contributed by atoms with Gasteiger partial charge in [0.1, 0.15) is 17.7 Å². The summed E-state index contributed by atoms with van der Waals surface area (Å²) in [7, 11) is 0.612. The molecule has 0 saturated carbocycles. The van der Waals surface area contributed by atoms with Crippen molar-refractivity contribution in [1.82, 2.24) is 18.2 Å². The van der Waals surface area contributed by atoms with Gasteiger partial charge in [0.25, 0.3) is 10.2 Å². The highest BCUT2D eigenvalue weighted by Crippen LogP contribution is 2.31. The monoisotopic (exact) mass is 470 g/mol. The zero-order valence-electron chi connectivity index (χ0n) is 16.6. The molecular formula is C20H21Cl2FN4O2S. The molecule has 0 amide bonds. The number of benzene rings is 2. The van der Waals surface area contributed by atoms with Crippen molar-refractivity contribution < 1.29 is 12.8 Å². The minimum Gasteiger partial charge on any atom is -0.336 e. The quantitative estimate of drug-likeness (QED) is 0.518. The fraction of sp³-hybridized carbons (Fsp3) is 0.250. The van der Waals surface area contributed by atoms with Crippen LogP contribution in [0.5, 0.6) is 0 Å². The molecule has 0 radical (unpaired) electrons. The third-order valence-electron chi connectivity index (χ3n) is 4.85. The normalized spacial score (nSPS) is 13.2. The van der Waals surface area contributed by atoms with Crippen LogP contribution in [0.1, 0.15) is 23.0 Å². The van der Waals surface area contributed by atoms with E-state index in [0.717, 1.165) is 4.31 Å². The van der Waals surface area contributed by atoms with Gasteiger partial charge in [-0.1, -0.05) is 41.4 Å². The number of halogens is 3. The Morgan fingerprint density at radius 2 is 1.80 bits per heavy atom. The molecular weight excluding hydrogens is 450 g/mol. The molecule has 0 saturated heterocycles. The van der Waals surface area contributed by atoms with Gasteiger partial charge in [-0.2, -0.15) is 17.0 Å². The standard InChI is InChI=1S/C20H21Cl2FN4O2S/c1-25-12-11-24-20(25)19(14-7-9-15(21)10-8-14)27(3)30(28,29)26(2)13-16-17(22)5-4-6-18(16)23/h4-12,19H,13H2,1-3H3. The largest absolute Gasteiger partial charge is 0.336 e. The molecule has 0 aliphatic heterocycles. The molecule has 30 heavy (non-hydrogen) atoms. The zero-order chi connectivity index (χ0) is 22.1. The van der Waals surface area contributed by atoms with Crippen molar-refractivity contribution in [3.63, 3.8) is 0 Å². The number of aryl methyl sites for hydroxylation is 1. The summed E-state index contributed by atoms with van der Waals surface area (Å²) in [6, 6.07) is 10.4. The molecule has 1 unspecified atom stereocenters. The van der Waals surface area contributed by atoms with Gasteiger partial charge in [0.05, 0.1) is 0 Å². The maximum atomic E-state index is 14.2. The van der Waals surface area contributed by atoms with Gasteiger partial charge in [-0.05, 0) is 29.8 Å². The summed E-state index contributed by atoms with van der Waals surface area (Å²) in [5.41, 5.74) is 0.802. The Labute approximate surface area is 185 Å². The summed E-state index contributed by atoms with van der Waals surface area (Å²) in [5.74, 6) is -0.0359. The lowest BCUT2D eigenvalue weighted by Gasteiger charge is -2.31. The van der Waals surface area contributed by atoms with Gasteiger partial charge in [-0.15, -0.1) is 0 Å². The highest BCUT2D eigenvalue weighted by atomic mass is 35.5. The van der Waals surface area contributed by atoms with E-state index in [2.05, 4.69) is 4.98 Å². The highest BCUT2D eigenvalue weighted by molar-refractivity contribution is 7.86. The van der Waals surface area contributed by atoms with Crippen molar-refractivity contribution in [3.8, 4) is 0 Å². The zero-order valence-corrected chi connectivity index (χ0v) is 19.0. The third-order valence-corrected chi connectivity index (χ3v) is 7.31. The molecule has 1 atom stereocenters. The van der Waals surface area contributed by atoms with Crippen LogP contribution in [0, 0.1) is 5.82 Å². The number of nitrogens with zero attached hydrogens (tertiary/aromatic N) is 4. The molecule has 160 valence electrons. The van der Waals surface area contributed by atoms with E-state index in [1.54, 1.807) is 48.3 Å². The Balaban J connectivity index is 1.99. The molecule has 3 aromatic rings. The van der Waals surface area contributed by atoms with Crippen molar-refractivity contribution in [2.45, 2.75) is 12.6 Å². The Bertz CT molecular complexity index is 1120. The number of hydrogen-bond donors (Lipinski definition) is 0. The predicted molar refractivity (Wildman–Crippen MR) is 116 cm³/mol. The van der Waals surface area contributed by atoms with Crippen molar-refractivity contribution >= 4 is 33.4 Å². The van der Waals surface area contributed by atoms with E-state index in [9.17, 15) is 12.8 Å². The van der Waals surface area contributed by atoms with E-state index in [1.807, 2.05) is 0 Å². The first-order valence-electron chi connectivity index (χ1n) is 8.97. The summed E-state index contributed by atoms with van der Waals surface area (Å²) in [4.78, 5) is 4.35. The van der Waals surface area contributed by atoms with Gasteiger partial charge < -0.3 is 4.57 Å². The second kappa shape index (κ2) is 9.03. The van der Waals surface area contributed by atoms with Crippen molar-refractivity contribution in [3.05, 3.63) is 87.7 Å². The van der Waals surface area contributed by atoms with Crippen LogP contribution in [0.3, 0.4) is 0 Å². The van der Waals surface area contributed by atoms with Gasteiger partial charge in [0.15, 0.2) is 0 Å². The van der Waals surface area contributed by atoms with Gasteiger partial charge in [0.2, 0.25) is 0 Å². The molecule has 0 fully saturated rings. The smallest absolute Gasteiger partial charge is 0.282 e. The number of rotatable bonds is 7. The average molecular weight is 471 g/mol. The van der Waals surface area contributed by atoms with Crippen LogP contribution in [0.15, 0.2) is 54.9 Å². The molecule has 0 aliphatic rings. The number of hydrogen-bond acceptors (Lipinski definition) is 3. The maximum absolute atomic E-state index is 14.2. The average Bonchev–Trinajstić information content (AvgIpc) is 3.11. The minimum atomic E-state index is -4.02. The highest BCUT2D eigenvalue weighted by Gasteiger charge is 2.34. The van der Waals surface area contributed by atoms with Crippen LogP contribution in [0.25, 0.3) is 0 Å². The van der Waals surface area contributed by atoms with Crippen LogP contribution in [0.4, 0.5) is 4.39 Å². The second-order valence-corrected chi connectivity index (χ2v) is 9.77. The van der Waals surface area contributed by atoms with E-state index in [-0.39, 0.29) is 17.1 Å². The lowest BCUT2D eigenvalue weighted by molar-refractivity contribution is 0.347. The van der Waals surface area contributed by atoms with Gasteiger partial charge >= 0.3 is 0 Å². The fourth-order valence-electron chi connectivity index (χ4n) is 3.15. The summed E-state index contributed by atoms with van der Waals surface area (Å²) in [6.07, 6.45) is 3.34. The number of aromatic nitrogens is 2. The lowest BCUT2D eigenvalue weighted by atomic mass is 10.1. The molecule has 1 heterocycles. The maximum Gasteiger partial charge on any atom is 0.282 e. The Morgan fingerprint density at radius 1 is 1.13 bits per heavy atom. The third kappa shape index (κ3) is 4.53. The first-order valence-corrected chi connectivity index (χ1v) is 11.1. The van der Waals surface area contributed by atoms with E-state index < -0.39 is 22.1 Å². The van der Waals surface area contributed by atoms with Gasteiger partial charge in [0, 0.05) is 55.7 Å². The first kappa shape index (κ1) is 22.7. The summed E-state index contributed by atoms with van der Waals surface area (Å²) in [6.45, 7) is -0.216. The van der Waals surface area contributed by atoms with Gasteiger partial charge in [-0.3, -0.25) is 0 Å².